The molecule has 0 radical (unpaired) electrons. The molecule has 3 nitrogen and oxygen atoms in total. The summed E-state index contributed by atoms with van der Waals surface area (Å²) < 4.78 is 22.8. The molecule has 0 aliphatic rings. The highest BCUT2D eigenvalue weighted by Crippen LogP contribution is 2.41. The molecule has 5 heteroatoms. The molecule has 74 valence electrons. The predicted molar refractivity (Wildman–Crippen MR) is 56.4 cm³/mol. The van der Waals surface area contributed by atoms with Crippen LogP contribution >= 0.6 is 14.3 Å². The number of hydrogen-bond acceptors (Lipinski definition) is 3. The molecule has 0 bridgehead atoms. The van der Waals surface area contributed by atoms with Crippen molar-refractivity contribution in [1.29, 1.82) is 0 Å². The summed E-state index contributed by atoms with van der Waals surface area (Å²) in [6, 6.07) is 0. The molecule has 0 aromatic carbocycles. The van der Waals surface area contributed by atoms with E-state index in [0.717, 1.165) is 0 Å². The molecular weight excluding hydrogens is 192 g/mol. The standard InChI is InChI=1S/C7H19NO2P2/c1-8(6-11(2,3)9)7-12(4,5)10/h6-7H2,1-5H3. The maximum atomic E-state index is 11.4. The first-order valence-corrected chi connectivity index (χ1v) is 9.44. The second-order valence-corrected chi connectivity index (χ2v) is 11.1. The Labute approximate surface area is 75.3 Å². The van der Waals surface area contributed by atoms with E-state index in [2.05, 4.69) is 0 Å². The van der Waals surface area contributed by atoms with Crippen LogP contribution in [0.1, 0.15) is 0 Å². The van der Waals surface area contributed by atoms with Gasteiger partial charge in [0.05, 0.1) is 26.9 Å². The number of hydrogen-bond donors (Lipinski definition) is 0. The molecule has 0 rings (SSSR count). The van der Waals surface area contributed by atoms with E-state index in [9.17, 15) is 9.13 Å². The van der Waals surface area contributed by atoms with E-state index in [4.69, 9.17) is 0 Å². The minimum Gasteiger partial charge on any atom is -0.323 e. The molecule has 0 fully saturated rings. The van der Waals surface area contributed by atoms with E-state index in [-0.39, 0.29) is 0 Å². The van der Waals surface area contributed by atoms with Crippen LogP contribution in [0.3, 0.4) is 0 Å². The predicted octanol–water partition coefficient (Wildman–Crippen LogP) is 2.08. The zero-order chi connectivity index (χ0) is 9.99. The van der Waals surface area contributed by atoms with Crippen LogP contribution in [0, 0.1) is 0 Å². The van der Waals surface area contributed by atoms with E-state index in [1.54, 1.807) is 26.7 Å². The average Bonchev–Trinajstić information content (AvgIpc) is 1.49. The zero-order valence-corrected chi connectivity index (χ0v) is 10.4. The lowest BCUT2D eigenvalue weighted by atomic mass is 11.0. The highest BCUT2D eigenvalue weighted by molar-refractivity contribution is 7.63. The molecule has 0 heterocycles. The van der Waals surface area contributed by atoms with Crippen LogP contribution in [-0.2, 0) is 9.13 Å². The van der Waals surface area contributed by atoms with Gasteiger partial charge < -0.3 is 9.13 Å². The number of rotatable bonds is 4. The van der Waals surface area contributed by atoms with Gasteiger partial charge in [-0.3, -0.25) is 4.90 Å². The van der Waals surface area contributed by atoms with E-state index >= 15 is 0 Å². The minimum absolute atomic E-state index is 0.554. The van der Waals surface area contributed by atoms with Gasteiger partial charge in [-0.15, -0.1) is 0 Å². The molecular formula is C7H19NO2P2. The third-order valence-corrected chi connectivity index (χ3v) is 3.49. The fraction of sp³-hybridized carbons (Fsp3) is 1.00. The van der Waals surface area contributed by atoms with Crippen molar-refractivity contribution in [3.63, 3.8) is 0 Å². The van der Waals surface area contributed by atoms with Crippen LogP contribution in [0.25, 0.3) is 0 Å². The maximum Gasteiger partial charge on any atom is 0.0951 e. The second-order valence-electron chi connectivity index (χ2n) is 4.29. The molecule has 0 saturated carbocycles. The summed E-state index contributed by atoms with van der Waals surface area (Å²) in [5.74, 6) is 0. The van der Waals surface area contributed by atoms with Crippen molar-refractivity contribution in [3.05, 3.63) is 0 Å². The molecule has 0 N–H and O–H groups in total. The Kier molecular flexibility index (Phi) is 4.23. The summed E-state index contributed by atoms with van der Waals surface area (Å²) >= 11 is 0. The molecule has 0 aromatic rings. The van der Waals surface area contributed by atoms with Crippen molar-refractivity contribution in [1.82, 2.24) is 4.90 Å². The van der Waals surface area contributed by atoms with Crippen LogP contribution in [0.5, 0.6) is 0 Å². The monoisotopic (exact) mass is 211 g/mol. The molecule has 0 aliphatic carbocycles. The normalized spacial score (nSPS) is 13.8. The summed E-state index contributed by atoms with van der Waals surface area (Å²) in [4.78, 5) is 1.89. The lowest BCUT2D eigenvalue weighted by molar-refractivity contribution is 0.433. The van der Waals surface area contributed by atoms with Crippen molar-refractivity contribution in [2.45, 2.75) is 0 Å². The maximum absolute atomic E-state index is 11.4. The second kappa shape index (κ2) is 4.09. The summed E-state index contributed by atoms with van der Waals surface area (Å²) in [5, 5.41) is 0. The van der Waals surface area contributed by atoms with Crippen molar-refractivity contribution < 1.29 is 9.13 Å². The summed E-state index contributed by atoms with van der Waals surface area (Å²) in [7, 11) is -2.15. The third-order valence-electron chi connectivity index (χ3n) is 1.16. The van der Waals surface area contributed by atoms with Gasteiger partial charge in [-0.25, -0.2) is 0 Å². The van der Waals surface area contributed by atoms with Gasteiger partial charge in [0.15, 0.2) is 0 Å². The number of nitrogens with zero attached hydrogens (tertiary/aromatic N) is 1. The Morgan fingerprint density at radius 1 is 0.917 bits per heavy atom. The Morgan fingerprint density at radius 3 is 1.33 bits per heavy atom. The summed E-state index contributed by atoms with van der Waals surface area (Å²) in [6.45, 7) is 7.00. The molecule has 0 atom stereocenters. The van der Waals surface area contributed by atoms with E-state index in [0.29, 0.717) is 12.6 Å². The molecule has 0 aliphatic heterocycles. The Hall–Kier alpha value is 0.420. The third kappa shape index (κ3) is 8.52. The van der Waals surface area contributed by atoms with E-state index in [1.165, 1.54) is 0 Å². The van der Waals surface area contributed by atoms with Crippen LogP contribution in [-0.4, -0.2) is 51.2 Å². The van der Waals surface area contributed by atoms with Gasteiger partial charge in [0.1, 0.15) is 0 Å². The Morgan fingerprint density at radius 2 is 1.17 bits per heavy atom. The fourth-order valence-electron chi connectivity index (χ4n) is 1.21. The topological polar surface area (TPSA) is 37.4 Å². The summed E-state index contributed by atoms with van der Waals surface area (Å²) in [5.41, 5.74) is 0. The van der Waals surface area contributed by atoms with Crippen molar-refractivity contribution in [3.8, 4) is 0 Å². The lowest BCUT2D eigenvalue weighted by Gasteiger charge is -2.21. The highest BCUT2D eigenvalue weighted by Gasteiger charge is 2.15. The van der Waals surface area contributed by atoms with Crippen molar-refractivity contribution >= 4 is 14.3 Å². The first-order valence-electron chi connectivity index (χ1n) is 3.87. The van der Waals surface area contributed by atoms with Gasteiger partial charge >= 0.3 is 0 Å². The van der Waals surface area contributed by atoms with Gasteiger partial charge in [0.2, 0.25) is 0 Å². The fourth-order valence-corrected chi connectivity index (χ4v) is 3.89. The smallest absolute Gasteiger partial charge is 0.0951 e. The molecule has 0 spiro atoms. The SMILES string of the molecule is CN(CP(C)(C)=O)CP(C)(C)=O. The van der Waals surface area contributed by atoms with Gasteiger partial charge in [0.25, 0.3) is 0 Å². The molecule has 12 heavy (non-hydrogen) atoms. The van der Waals surface area contributed by atoms with Crippen LogP contribution in [0.15, 0.2) is 0 Å². The summed E-state index contributed by atoms with van der Waals surface area (Å²) in [6.07, 6.45) is 1.11. The Bertz CT molecular complexity index is 204. The molecule has 0 amide bonds. The highest BCUT2D eigenvalue weighted by atomic mass is 31.2. The first kappa shape index (κ1) is 12.4. The quantitative estimate of drug-likeness (QED) is 0.668. The molecule has 0 aromatic heterocycles. The van der Waals surface area contributed by atoms with Gasteiger partial charge in [-0.2, -0.15) is 0 Å². The van der Waals surface area contributed by atoms with Gasteiger partial charge in [0, 0.05) is 0 Å². The van der Waals surface area contributed by atoms with Crippen LogP contribution < -0.4 is 0 Å². The van der Waals surface area contributed by atoms with E-state index < -0.39 is 14.3 Å². The zero-order valence-electron chi connectivity index (χ0n) is 8.57. The lowest BCUT2D eigenvalue weighted by Crippen LogP contribution is -2.20. The van der Waals surface area contributed by atoms with Crippen LogP contribution in [0.4, 0.5) is 0 Å². The average molecular weight is 211 g/mol. The molecule has 0 unspecified atom stereocenters. The largest absolute Gasteiger partial charge is 0.323 e. The molecule has 0 saturated heterocycles. The Balaban J connectivity index is 4.00. The first-order chi connectivity index (χ1) is 5.10. The van der Waals surface area contributed by atoms with Crippen molar-refractivity contribution in [2.24, 2.45) is 0 Å². The van der Waals surface area contributed by atoms with E-state index in [1.807, 2.05) is 11.9 Å². The van der Waals surface area contributed by atoms with Gasteiger partial charge in [-0.05, 0) is 33.7 Å². The van der Waals surface area contributed by atoms with Gasteiger partial charge in [-0.1, -0.05) is 0 Å². The van der Waals surface area contributed by atoms with Crippen LogP contribution in [0.2, 0.25) is 0 Å². The minimum atomic E-state index is -2.00. The van der Waals surface area contributed by atoms with Crippen molar-refractivity contribution in [2.75, 3.05) is 46.3 Å².